The molecule has 26 heavy (non-hydrogen) atoms. The van der Waals surface area contributed by atoms with Gasteiger partial charge in [0.05, 0.1) is 11.2 Å². The largest absolute Gasteiger partial charge is 0.323 e. The van der Waals surface area contributed by atoms with Gasteiger partial charge in [-0.3, -0.25) is 4.98 Å². The van der Waals surface area contributed by atoms with Crippen molar-refractivity contribution in [1.82, 2.24) is 14.4 Å². The zero-order chi connectivity index (χ0) is 17.2. The Bertz CT molecular complexity index is 1260. The quantitative estimate of drug-likeness (QED) is 0.205. The monoisotopic (exact) mass is 537 g/mol. The smallest absolute Gasteiger partial charge is 0.179 e. The predicted octanol–water partition coefficient (Wildman–Crippen LogP) is 5.64. The summed E-state index contributed by atoms with van der Waals surface area (Å²) in [5.41, 5.74) is 6.44. The number of thiazole rings is 1. The Kier molecular flexibility index (Phi) is 4.14. The molecule has 3 nitrogen and oxygen atoms in total. The summed E-state index contributed by atoms with van der Waals surface area (Å²) in [5.74, 6) is 0. The molecule has 0 aliphatic heterocycles. The van der Waals surface area contributed by atoms with Crippen molar-refractivity contribution in [1.29, 1.82) is 0 Å². The molecular weight excluding hydrogens is 519 g/mol. The van der Waals surface area contributed by atoms with E-state index in [0.717, 1.165) is 27.9 Å². The molecule has 2 aromatic carbocycles. The normalized spacial score (nSPS) is 12.3. The summed E-state index contributed by atoms with van der Waals surface area (Å²) in [6.45, 7) is 6.84. The van der Waals surface area contributed by atoms with Crippen molar-refractivity contribution in [2.75, 3.05) is 0 Å². The molecular formula is C21H18IrN3S-. The first kappa shape index (κ1) is 17.6. The Labute approximate surface area is 169 Å². The Morgan fingerprint density at radius 2 is 2.00 bits per heavy atom. The molecule has 5 heteroatoms. The zero-order valence-electron chi connectivity index (χ0n) is 14.8. The molecule has 1 radical (unpaired) electrons. The average Bonchev–Trinajstić information content (AvgIpc) is 3.14. The third kappa shape index (κ3) is 2.66. The molecule has 0 fully saturated rings. The SMILES string of the molecule is CC(C)(C)Cc1ccc2c(c1)c1ccc[c-]c1c1nc3ncsc3n21.[Ir]. The fourth-order valence-electron chi connectivity index (χ4n) is 3.66. The predicted molar refractivity (Wildman–Crippen MR) is 105 cm³/mol. The van der Waals surface area contributed by atoms with E-state index in [1.54, 1.807) is 11.3 Å². The van der Waals surface area contributed by atoms with Crippen LogP contribution >= 0.6 is 11.3 Å². The van der Waals surface area contributed by atoms with Gasteiger partial charge in [0.1, 0.15) is 4.83 Å². The summed E-state index contributed by atoms with van der Waals surface area (Å²) in [7, 11) is 0. The zero-order valence-corrected chi connectivity index (χ0v) is 18.0. The number of aromatic nitrogens is 3. The molecule has 0 N–H and O–H groups in total. The van der Waals surface area contributed by atoms with Crippen molar-refractivity contribution < 1.29 is 20.1 Å². The van der Waals surface area contributed by atoms with Crippen molar-refractivity contribution in [2.24, 2.45) is 5.41 Å². The van der Waals surface area contributed by atoms with E-state index in [4.69, 9.17) is 4.98 Å². The van der Waals surface area contributed by atoms with Gasteiger partial charge < -0.3 is 4.40 Å². The van der Waals surface area contributed by atoms with Gasteiger partial charge >= 0.3 is 0 Å². The van der Waals surface area contributed by atoms with Crippen LogP contribution in [0.25, 0.3) is 37.8 Å². The second-order valence-corrected chi connectivity index (χ2v) is 8.63. The molecule has 0 aliphatic rings. The minimum atomic E-state index is 0. The van der Waals surface area contributed by atoms with Crippen molar-refractivity contribution >= 4 is 49.1 Å². The molecule has 0 unspecified atom stereocenters. The molecule has 133 valence electrons. The number of pyridine rings is 1. The first-order valence-corrected chi connectivity index (χ1v) is 9.36. The van der Waals surface area contributed by atoms with Gasteiger partial charge in [0.25, 0.3) is 0 Å². The van der Waals surface area contributed by atoms with Gasteiger partial charge in [0.2, 0.25) is 0 Å². The number of benzene rings is 2. The van der Waals surface area contributed by atoms with E-state index in [0.29, 0.717) is 0 Å². The summed E-state index contributed by atoms with van der Waals surface area (Å²) >= 11 is 1.64. The first-order chi connectivity index (χ1) is 12.0. The van der Waals surface area contributed by atoms with Gasteiger partial charge in [-0.2, -0.15) is 0 Å². The third-order valence-electron chi connectivity index (χ3n) is 4.56. The number of nitrogens with zero attached hydrogens (tertiary/aromatic N) is 3. The summed E-state index contributed by atoms with van der Waals surface area (Å²) in [4.78, 5) is 10.3. The van der Waals surface area contributed by atoms with Crippen LogP contribution in [0, 0.1) is 11.5 Å². The van der Waals surface area contributed by atoms with Crippen LogP contribution in [0.5, 0.6) is 0 Å². The fourth-order valence-corrected chi connectivity index (χ4v) is 4.41. The molecule has 0 atom stereocenters. The van der Waals surface area contributed by atoms with Gasteiger partial charge in [0, 0.05) is 25.6 Å². The summed E-state index contributed by atoms with van der Waals surface area (Å²) in [6, 6.07) is 16.4. The van der Waals surface area contributed by atoms with Gasteiger partial charge in [-0.05, 0) is 28.9 Å². The molecule has 3 aromatic heterocycles. The molecule has 0 aliphatic carbocycles. The van der Waals surface area contributed by atoms with Crippen molar-refractivity contribution in [2.45, 2.75) is 27.2 Å². The van der Waals surface area contributed by atoms with E-state index < -0.39 is 0 Å². The second kappa shape index (κ2) is 6.12. The van der Waals surface area contributed by atoms with E-state index >= 15 is 0 Å². The van der Waals surface area contributed by atoms with Gasteiger partial charge in [0.15, 0.2) is 5.65 Å². The minimum absolute atomic E-state index is 0. The van der Waals surface area contributed by atoms with Crippen LogP contribution in [0.15, 0.2) is 41.9 Å². The van der Waals surface area contributed by atoms with Crippen molar-refractivity contribution in [3.8, 4) is 0 Å². The number of hydrogen-bond acceptors (Lipinski definition) is 3. The van der Waals surface area contributed by atoms with Gasteiger partial charge in [-0.15, -0.1) is 41.0 Å². The van der Waals surface area contributed by atoms with Crippen molar-refractivity contribution in [3.05, 3.63) is 53.5 Å². The average molecular weight is 537 g/mol. The van der Waals surface area contributed by atoms with Gasteiger partial charge in [-0.25, -0.2) is 4.98 Å². The molecule has 0 saturated carbocycles. The van der Waals surface area contributed by atoms with E-state index in [9.17, 15) is 0 Å². The summed E-state index contributed by atoms with van der Waals surface area (Å²) < 4.78 is 2.24. The molecule has 0 saturated heterocycles. The summed E-state index contributed by atoms with van der Waals surface area (Å²) in [5, 5.41) is 3.53. The molecule has 5 aromatic rings. The number of imidazole rings is 1. The number of rotatable bonds is 1. The molecule has 0 bridgehead atoms. The number of hydrogen-bond donors (Lipinski definition) is 0. The van der Waals surface area contributed by atoms with E-state index in [-0.39, 0.29) is 25.5 Å². The Morgan fingerprint density at radius 1 is 1.15 bits per heavy atom. The Hall–Kier alpha value is -1.81. The molecule has 0 amide bonds. The van der Waals surface area contributed by atoms with Crippen LogP contribution in [0.3, 0.4) is 0 Å². The van der Waals surface area contributed by atoms with Crippen LogP contribution in [-0.4, -0.2) is 14.4 Å². The summed E-state index contributed by atoms with van der Waals surface area (Å²) in [6.07, 6.45) is 1.05. The van der Waals surface area contributed by atoms with E-state index in [2.05, 4.69) is 66.6 Å². The maximum atomic E-state index is 4.77. The van der Waals surface area contributed by atoms with Crippen LogP contribution < -0.4 is 0 Å². The van der Waals surface area contributed by atoms with Gasteiger partial charge in [-0.1, -0.05) is 38.3 Å². The second-order valence-electron chi connectivity index (χ2n) is 7.80. The molecule has 0 spiro atoms. The molecule has 5 rings (SSSR count). The third-order valence-corrected chi connectivity index (χ3v) is 5.36. The Morgan fingerprint density at radius 3 is 2.81 bits per heavy atom. The Balaban J connectivity index is 0.00000168. The maximum Gasteiger partial charge on any atom is 0.179 e. The number of fused-ring (bicyclic) bond motifs is 8. The first-order valence-electron chi connectivity index (χ1n) is 8.48. The molecule has 3 heterocycles. The minimum Gasteiger partial charge on any atom is -0.323 e. The van der Waals surface area contributed by atoms with Crippen molar-refractivity contribution in [3.63, 3.8) is 0 Å². The maximum absolute atomic E-state index is 4.77. The topological polar surface area (TPSA) is 30.2 Å². The van der Waals surface area contributed by atoms with Crippen LogP contribution in [0.2, 0.25) is 0 Å². The van der Waals surface area contributed by atoms with Crippen LogP contribution in [-0.2, 0) is 26.5 Å². The van der Waals surface area contributed by atoms with E-state index in [1.165, 1.54) is 21.9 Å². The van der Waals surface area contributed by atoms with Crippen LogP contribution in [0.4, 0.5) is 0 Å². The van der Waals surface area contributed by atoms with E-state index in [1.807, 2.05) is 11.6 Å². The standard InChI is InChI=1S/C21H18N3S.Ir/c1-21(2,3)11-13-8-9-17-16(10-13)14-6-4-5-7-15(14)19-23-18-20(24(17)19)25-12-22-18;/h4-6,8-10,12H,11H2,1-3H3;/q-1;. The fraction of sp³-hybridized carbons (Fsp3) is 0.238. The van der Waals surface area contributed by atoms with Crippen LogP contribution in [0.1, 0.15) is 26.3 Å².